The highest BCUT2D eigenvalue weighted by atomic mass is 32.2. The van der Waals surface area contributed by atoms with Crippen molar-refractivity contribution in [3.63, 3.8) is 0 Å². The number of hydrogen-bond donors (Lipinski definition) is 2. The summed E-state index contributed by atoms with van der Waals surface area (Å²) in [5.74, 6) is -0.443. The zero-order valence-electron chi connectivity index (χ0n) is 11.9. The first-order valence-electron chi connectivity index (χ1n) is 6.53. The summed E-state index contributed by atoms with van der Waals surface area (Å²) in [6.07, 6.45) is 2.85. The van der Waals surface area contributed by atoms with E-state index < -0.39 is 15.9 Å². The van der Waals surface area contributed by atoms with Gasteiger partial charge in [0.05, 0.1) is 4.90 Å². The maximum Gasteiger partial charge on any atom is 0.277 e. The lowest BCUT2D eigenvalue weighted by molar-refractivity contribution is 0.102. The van der Waals surface area contributed by atoms with E-state index in [-0.39, 0.29) is 16.5 Å². The largest absolute Gasteiger partial charge is 0.321 e. The van der Waals surface area contributed by atoms with Crippen LogP contribution < -0.4 is 10.0 Å². The molecule has 3 rings (SSSR count). The molecule has 3 aromatic rings. The Morgan fingerprint density at radius 1 is 1.08 bits per heavy atom. The Morgan fingerprint density at radius 2 is 1.79 bits per heavy atom. The van der Waals surface area contributed by atoms with Crippen LogP contribution in [0.5, 0.6) is 0 Å². The van der Waals surface area contributed by atoms with Crippen LogP contribution in [0, 0.1) is 0 Å². The lowest BCUT2D eigenvalue weighted by Gasteiger charge is -2.07. The van der Waals surface area contributed by atoms with Gasteiger partial charge in [-0.25, -0.2) is 23.1 Å². The molecule has 0 atom stereocenters. The highest BCUT2D eigenvalue weighted by Crippen LogP contribution is 2.17. The highest BCUT2D eigenvalue weighted by molar-refractivity contribution is 7.92. The van der Waals surface area contributed by atoms with E-state index in [9.17, 15) is 13.2 Å². The summed E-state index contributed by atoms with van der Waals surface area (Å²) in [7, 11) is -3.81. The molecule has 0 radical (unpaired) electrons. The maximum absolute atomic E-state index is 12.2. The predicted molar refractivity (Wildman–Crippen MR) is 87.1 cm³/mol. The van der Waals surface area contributed by atoms with E-state index >= 15 is 0 Å². The Kier molecular flexibility index (Phi) is 4.44. The number of hydrogen-bond acceptors (Lipinski definition) is 8. The quantitative estimate of drug-likeness (QED) is 0.702. The predicted octanol–water partition coefficient (Wildman–Crippen LogP) is 1.38. The normalized spacial score (nSPS) is 11.0. The van der Waals surface area contributed by atoms with Gasteiger partial charge in [-0.15, -0.1) is 5.10 Å². The smallest absolute Gasteiger partial charge is 0.277 e. The van der Waals surface area contributed by atoms with Gasteiger partial charge in [0.15, 0.2) is 5.69 Å². The highest BCUT2D eigenvalue weighted by Gasteiger charge is 2.16. The first-order chi connectivity index (χ1) is 11.5. The Labute approximate surface area is 141 Å². The molecule has 2 heterocycles. The van der Waals surface area contributed by atoms with Crippen molar-refractivity contribution in [3.05, 3.63) is 53.8 Å². The fourth-order valence-corrected chi connectivity index (χ4v) is 3.10. The third-order valence-corrected chi connectivity index (χ3v) is 4.66. The van der Waals surface area contributed by atoms with Gasteiger partial charge >= 0.3 is 0 Å². The summed E-state index contributed by atoms with van der Waals surface area (Å²) in [5, 5.41) is 7.76. The number of aromatic nitrogens is 4. The van der Waals surface area contributed by atoms with Crippen molar-refractivity contribution in [1.82, 2.24) is 19.6 Å². The van der Waals surface area contributed by atoms with Crippen molar-refractivity contribution in [2.75, 3.05) is 10.0 Å². The minimum atomic E-state index is -3.81. The van der Waals surface area contributed by atoms with Gasteiger partial charge in [-0.2, -0.15) is 0 Å². The molecule has 0 unspecified atom stereocenters. The Balaban J connectivity index is 1.73. The second-order valence-corrected chi connectivity index (χ2v) is 6.74. The molecule has 0 spiro atoms. The molecule has 0 aliphatic heterocycles. The Hall–Kier alpha value is -2.92. The van der Waals surface area contributed by atoms with Gasteiger partial charge < -0.3 is 5.32 Å². The molecular weight excluding hydrogens is 352 g/mol. The van der Waals surface area contributed by atoms with E-state index in [2.05, 4.69) is 29.6 Å². The number of amides is 1. The van der Waals surface area contributed by atoms with Crippen molar-refractivity contribution in [2.45, 2.75) is 4.90 Å². The SMILES string of the molecule is O=C(Nc1ccc(S(=O)(=O)Nc2ncccn2)cc1)c1csnn1. The van der Waals surface area contributed by atoms with Crippen LogP contribution in [-0.2, 0) is 10.0 Å². The first-order valence-corrected chi connectivity index (χ1v) is 8.85. The summed E-state index contributed by atoms with van der Waals surface area (Å²) in [6, 6.07) is 7.24. The molecule has 9 nitrogen and oxygen atoms in total. The molecule has 1 aromatic carbocycles. The monoisotopic (exact) mass is 362 g/mol. The summed E-state index contributed by atoms with van der Waals surface area (Å²) in [5.41, 5.74) is 0.627. The number of carbonyl (C=O) groups is 1. The molecule has 2 N–H and O–H groups in total. The van der Waals surface area contributed by atoms with Crippen LogP contribution in [0.3, 0.4) is 0 Å². The maximum atomic E-state index is 12.2. The van der Waals surface area contributed by atoms with Crippen molar-refractivity contribution in [3.8, 4) is 0 Å². The van der Waals surface area contributed by atoms with E-state index in [1.165, 1.54) is 42.0 Å². The van der Waals surface area contributed by atoms with Crippen LogP contribution in [0.15, 0.2) is 53.0 Å². The molecule has 0 bridgehead atoms. The van der Waals surface area contributed by atoms with Gasteiger partial charge in [0.2, 0.25) is 5.95 Å². The summed E-state index contributed by atoms with van der Waals surface area (Å²) < 4.78 is 30.3. The van der Waals surface area contributed by atoms with E-state index in [4.69, 9.17) is 0 Å². The van der Waals surface area contributed by atoms with Crippen LogP contribution in [0.4, 0.5) is 11.6 Å². The van der Waals surface area contributed by atoms with Gasteiger partial charge in [-0.3, -0.25) is 4.79 Å². The number of benzene rings is 1. The number of carbonyl (C=O) groups excluding carboxylic acids is 1. The zero-order chi connectivity index (χ0) is 17.0. The second kappa shape index (κ2) is 6.68. The third kappa shape index (κ3) is 3.70. The molecule has 0 fully saturated rings. The van der Waals surface area contributed by atoms with Crippen molar-refractivity contribution >= 4 is 39.1 Å². The van der Waals surface area contributed by atoms with Crippen LogP contribution in [0.25, 0.3) is 0 Å². The Bertz CT molecular complexity index is 928. The van der Waals surface area contributed by atoms with Gasteiger partial charge in [0.25, 0.3) is 15.9 Å². The summed E-state index contributed by atoms with van der Waals surface area (Å²) >= 11 is 1.06. The van der Waals surface area contributed by atoms with E-state index in [0.29, 0.717) is 5.69 Å². The second-order valence-electron chi connectivity index (χ2n) is 4.45. The van der Waals surface area contributed by atoms with Crippen molar-refractivity contribution in [1.29, 1.82) is 0 Å². The average Bonchev–Trinajstić information content (AvgIpc) is 3.10. The van der Waals surface area contributed by atoms with Crippen LogP contribution in [-0.4, -0.2) is 33.9 Å². The minimum Gasteiger partial charge on any atom is -0.321 e. The minimum absolute atomic E-state index is 0.0169. The Morgan fingerprint density at radius 3 is 2.42 bits per heavy atom. The fraction of sp³-hybridized carbons (Fsp3) is 0. The molecular formula is C13H10N6O3S2. The molecule has 24 heavy (non-hydrogen) atoms. The molecule has 0 saturated heterocycles. The molecule has 0 aliphatic carbocycles. The summed E-state index contributed by atoms with van der Waals surface area (Å²) in [6.45, 7) is 0. The number of nitrogens with zero attached hydrogens (tertiary/aromatic N) is 4. The molecule has 2 aromatic heterocycles. The van der Waals surface area contributed by atoms with Crippen LogP contribution >= 0.6 is 11.5 Å². The molecule has 11 heteroatoms. The fourth-order valence-electron chi connectivity index (χ4n) is 1.71. The van der Waals surface area contributed by atoms with Crippen LogP contribution in [0.1, 0.15) is 10.5 Å². The van der Waals surface area contributed by atoms with Gasteiger partial charge in [0.1, 0.15) is 0 Å². The van der Waals surface area contributed by atoms with Crippen LogP contribution in [0.2, 0.25) is 0 Å². The number of sulfonamides is 1. The summed E-state index contributed by atoms with van der Waals surface area (Å²) in [4.78, 5) is 19.5. The zero-order valence-corrected chi connectivity index (χ0v) is 13.6. The van der Waals surface area contributed by atoms with E-state index in [1.54, 1.807) is 6.07 Å². The lowest BCUT2D eigenvalue weighted by atomic mass is 10.3. The number of nitrogens with one attached hydrogen (secondary N) is 2. The van der Waals surface area contributed by atoms with Gasteiger partial charge in [0, 0.05) is 23.5 Å². The lowest BCUT2D eigenvalue weighted by Crippen LogP contribution is -2.15. The number of rotatable bonds is 5. The van der Waals surface area contributed by atoms with E-state index in [1.807, 2.05) is 0 Å². The average molecular weight is 362 g/mol. The molecule has 0 saturated carbocycles. The topological polar surface area (TPSA) is 127 Å². The molecule has 1 amide bonds. The first kappa shape index (κ1) is 16.0. The van der Waals surface area contributed by atoms with Crippen molar-refractivity contribution in [2.24, 2.45) is 0 Å². The van der Waals surface area contributed by atoms with E-state index in [0.717, 1.165) is 11.5 Å². The molecule has 122 valence electrons. The van der Waals surface area contributed by atoms with Gasteiger partial charge in [-0.05, 0) is 41.9 Å². The standard InChI is InChI=1S/C13H10N6O3S2/c20-12(11-8-23-19-17-11)16-9-2-4-10(5-3-9)24(21,22)18-13-14-6-1-7-15-13/h1-8H,(H,16,20)(H,14,15,18). The third-order valence-electron chi connectivity index (χ3n) is 2.81. The van der Waals surface area contributed by atoms with Gasteiger partial charge in [-0.1, -0.05) is 4.49 Å². The molecule has 0 aliphatic rings. The number of anilines is 2. The van der Waals surface area contributed by atoms with Crippen molar-refractivity contribution < 1.29 is 13.2 Å².